The van der Waals surface area contributed by atoms with Crippen molar-refractivity contribution in [3.63, 3.8) is 0 Å². The van der Waals surface area contributed by atoms with Gasteiger partial charge >= 0.3 is 0 Å². The van der Waals surface area contributed by atoms with Crippen molar-refractivity contribution in [3.05, 3.63) is 77.2 Å². The minimum absolute atomic E-state index is 0.0957. The van der Waals surface area contributed by atoms with E-state index in [-0.39, 0.29) is 18.7 Å². The zero-order valence-corrected chi connectivity index (χ0v) is 37.2. The zero-order chi connectivity index (χ0) is 44.0. The van der Waals surface area contributed by atoms with Gasteiger partial charge in [0.25, 0.3) is 11.8 Å². The van der Waals surface area contributed by atoms with Crippen LogP contribution in [0.25, 0.3) is 0 Å². The number of carbonyl (C=O) groups excluding carboxylic acids is 4. The molecule has 4 fully saturated rings. The molecule has 5 aliphatic rings. The number of hydrogen-bond acceptors (Lipinski definition) is 15. The molecule has 1 unspecified atom stereocenters. The summed E-state index contributed by atoms with van der Waals surface area (Å²) in [5, 5.41) is 9.67. The smallest absolute Gasteiger partial charge is 0.262 e. The maximum atomic E-state index is 13.3. The molecular formula is C44H51ClN11O6P. The van der Waals surface area contributed by atoms with E-state index in [4.69, 9.17) is 16.3 Å². The predicted octanol–water partition coefficient (Wildman–Crippen LogP) is 4.39. The highest BCUT2D eigenvalue weighted by atomic mass is 35.5. The number of benzene rings is 2. The maximum absolute atomic E-state index is 13.3. The summed E-state index contributed by atoms with van der Waals surface area (Å²) in [6.07, 6.45) is 7.13. The minimum Gasteiger partial charge on any atom is -0.494 e. The second kappa shape index (κ2) is 17.5. The monoisotopic (exact) mass is 895 g/mol. The largest absolute Gasteiger partial charge is 0.494 e. The molecule has 4 aromatic rings. The lowest BCUT2D eigenvalue weighted by atomic mass is 9.96. The van der Waals surface area contributed by atoms with Gasteiger partial charge in [0.05, 0.1) is 42.0 Å². The van der Waals surface area contributed by atoms with Crippen LogP contribution in [0.15, 0.2) is 61.1 Å². The molecule has 2 aromatic carbocycles. The Hall–Kier alpha value is -5.61. The molecule has 63 heavy (non-hydrogen) atoms. The molecule has 0 spiro atoms. The van der Waals surface area contributed by atoms with Crippen LogP contribution in [0.4, 0.5) is 34.5 Å². The van der Waals surface area contributed by atoms with E-state index in [1.807, 2.05) is 18.2 Å². The molecule has 4 amide bonds. The minimum atomic E-state index is -2.59. The van der Waals surface area contributed by atoms with Crippen LogP contribution in [0, 0.1) is 5.92 Å². The number of carbonyl (C=O) groups is 4. The number of rotatable bonds is 12. The Morgan fingerprint density at radius 3 is 2.30 bits per heavy atom. The van der Waals surface area contributed by atoms with Gasteiger partial charge in [0.15, 0.2) is 5.82 Å². The highest BCUT2D eigenvalue weighted by Gasteiger charge is 2.45. The fourth-order valence-corrected chi connectivity index (χ4v) is 10.7. The van der Waals surface area contributed by atoms with E-state index < -0.39 is 30.9 Å². The van der Waals surface area contributed by atoms with Gasteiger partial charge in [0.1, 0.15) is 24.0 Å². The van der Waals surface area contributed by atoms with Crippen molar-refractivity contribution in [2.24, 2.45) is 5.92 Å². The molecule has 17 nitrogen and oxygen atoms in total. The first kappa shape index (κ1) is 42.7. The standard InChI is InChI=1S/C44H51ClN11O6P/c1-62-37-21-30(5-7-34(37)49-44-47-22-33(45)40(51-44)48-35-23-46-13-10-38(35)63(2,3)61)53-14-11-28(12-15-53)54-18-16-52(17-19-54)24-27-25-55(26-27)29-4-6-31-32(20-29)43(60)56(42(31)59)36-8-9-39(57)50-41(36)58/h4-7,10,13,20-23,27-28,36H,8-9,11-12,14-19,24-26H2,1-3H3,(H,50,57,58)(H2,47,48,49,51). The van der Waals surface area contributed by atoms with E-state index in [9.17, 15) is 23.7 Å². The fraction of sp³-hybridized carbons (Fsp3) is 0.432. The van der Waals surface area contributed by atoms with Crippen LogP contribution in [-0.2, 0) is 14.2 Å². The third-order valence-electron chi connectivity index (χ3n) is 12.8. The molecule has 5 aliphatic heterocycles. The maximum Gasteiger partial charge on any atom is 0.262 e. The average molecular weight is 896 g/mol. The molecule has 9 rings (SSSR count). The van der Waals surface area contributed by atoms with Crippen LogP contribution < -0.4 is 35.8 Å². The Kier molecular flexibility index (Phi) is 11.9. The van der Waals surface area contributed by atoms with Crippen LogP contribution in [0.1, 0.15) is 46.4 Å². The second-order valence-electron chi connectivity index (χ2n) is 17.3. The summed E-state index contributed by atoms with van der Waals surface area (Å²) < 4.78 is 18.7. The number of fused-ring (bicyclic) bond motifs is 1. The number of pyridine rings is 1. The lowest BCUT2D eigenvalue weighted by molar-refractivity contribution is -0.136. The van der Waals surface area contributed by atoms with Gasteiger partial charge in [-0.15, -0.1) is 0 Å². The van der Waals surface area contributed by atoms with Gasteiger partial charge in [-0.3, -0.25) is 39.3 Å². The van der Waals surface area contributed by atoms with Crippen molar-refractivity contribution in [1.29, 1.82) is 0 Å². The number of imide groups is 2. The van der Waals surface area contributed by atoms with E-state index in [0.29, 0.717) is 62.3 Å². The Labute approximate surface area is 370 Å². The fourth-order valence-electron chi connectivity index (χ4n) is 9.41. The lowest BCUT2D eigenvalue weighted by Gasteiger charge is -2.46. The average Bonchev–Trinajstić information content (AvgIpc) is 3.51. The molecule has 330 valence electrons. The Morgan fingerprint density at radius 1 is 0.841 bits per heavy atom. The van der Waals surface area contributed by atoms with Crippen LogP contribution >= 0.6 is 18.7 Å². The first-order valence-corrected chi connectivity index (χ1v) is 24.4. The molecule has 2 aromatic heterocycles. The number of halogens is 1. The lowest BCUT2D eigenvalue weighted by Crippen LogP contribution is -2.57. The summed E-state index contributed by atoms with van der Waals surface area (Å²) in [5.41, 5.74) is 3.90. The van der Waals surface area contributed by atoms with Crippen LogP contribution in [0.5, 0.6) is 5.75 Å². The highest BCUT2D eigenvalue weighted by Crippen LogP contribution is 2.39. The normalized spacial score (nSPS) is 20.4. The number of piperazine rings is 1. The van der Waals surface area contributed by atoms with Gasteiger partial charge in [0.2, 0.25) is 17.8 Å². The van der Waals surface area contributed by atoms with Gasteiger partial charge in [-0.1, -0.05) is 11.6 Å². The summed E-state index contributed by atoms with van der Waals surface area (Å²) in [4.78, 5) is 74.6. The van der Waals surface area contributed by atoms with Gasteiger partial charge in [-0.25, -0.2) is 4.98 Å². The summed E-state index contributed by atoms with van der Waals surface area (Å²) in [6.45, 7) is 12.3. The van der Waals surface area contributed by atoms with E-state index in [1.165, 1.54) is 6.20 Å². The molecule has 3 N–H and O–H groups in total. The first-order valence-electron chi connectivity index (χ1n) is 21.4. The van der Waals surface area contributed by atoms with Gasteiger partial charge in [-0.05, 0) is 69.0 Å². The van der Waals surface area contributed by atoms with E-state index in [0.717, 1.165) is 88.0 Å². The highest BCUT2D eigenvalue weighted by molar-refractivity contribution is 7.70. The zero-order valence-electron chi connectivity index (χ0n) is 35.6. The number of nitrogens with zero attached hydrogens (tertiary/aromatic N) is 8. The molecule has 4 saturated heterocycles. The van der Waals surface area contributed by atoms with E-state index in [2.05, 4.69) is 56.6 Å². The van der Waals surface area contributed by atoms with E-state index in [1.54, 1.807) is 51.0 Å². The van der Waals surface area contributed by atoms with Crippen molar-refractivity contribution in [3.8, 4) is 5.75 Å². The van der Waals surface area contributed by atoms with Gasteiger partial charge in [0, 0.05) is 106 Å². The Morgan fingerprint density at radius 2 is 1.57 bits per heavy atom. The summed E-state index contributed by atoms with van der Waals surface area (Å²) in [7, 11) is -0.946. The molecule has 0 saturated carbocycles. The SMILES string of the molecule is COc1cc(N2CCC(N3CCN(CC4CN(c5ccc6c(c5)C(=O)N(C5CCC(=O)NC5=O)C6=O)C4)CC3)CC2)ccc1Nc1ncc(Cl)c(Nc2cnccc2P(C)(C)=O)n1. The number of amides is 4. The van der Waals surface area contributed by atoms with Gasteiger partial charge < -0.3 is 34.6 Å². The molecule has 0 aliphatic carbocycles. The molecular weight excluding hydrogens is 845 g/mol. The number of anilines is 6. The number of aromatic nitrogens is 3. The molecule has 19 heteroatoms. The molecule has 0 bridgehead atoms. The first-order chi connectivity index (χ1) is 30.3. The molecule has 0 radical (unpaired) electrons. The van der Waals surface area contributed by atoms with Crippen LogP contribution in [0.3, 0.4) is 0 Å². The third-order valence-corrected chi connectivity index (χ3v) is 14.6. The van der Waals surface area contributed by atoms with Crippen molar-refractivity contribution in [2.75, 3.05) is 99.8 Å². The van der Waals surface area contributed by atoms with Gasteiger partial charge in [-0.2, -0.15) is 4.98 Å². The predicted molar refractivity (Wildman–Crippen MR) is 242 cm³/mol. The number of hydrogen-bond donors (Lipinski definition) is 3. The quantitative estimate of drug-likeness (QED) is 0.134. The summed E-state index contributed by atoms with van der Waals surface area (Å²) in [6, 6.07) is 12.8. The van der Waals surface area contributed by atoms with Crippen LogP contribution in [-0.4, -0.2) is 145 Å². The summed E-state index contributed by atoms with van der Waals surface area (Å²) in [5.74, 6) is -0.0888. The van der Waals surface area contributed by atoms with Crippen molar-refractivity contribution in [2.45, 2.75) is 37.8 Å². The number of methoxy groups -OCH3 is 1. The van der Waals surface area contributed by atoms with Crippen molar-refractivity contribution < 1.29 is 28.5 Å². The van der Waals surface area contributed by atoms with Crippen molar-refractivity contribution >= 4 is 82.2 Å². The summed E-state index contributed by atoms with van der Waals surface area (Å²) >= 11 is 6.47. The number of ether oxygens (including phenoxy) is 1. The molecule has 1 atom stereocenters. The Balaban J connectivity index is 0.730. The van der Waals surface area contributed by atoms with E-state index >= 15 is 0 Å². The second-order valence-corrected chi connectivity index (χ2v) is 20.9. The number of nitrogens with one attached hydrogen (secondary N) is 3. The van der Waals surface area contributed by atoms with Crippen molar-refractivity contribution in [1.82, 2.24) is 35.0 Å². The molecule has 7 heterocycles. The Bertz CT molecular complexity index is 2500. The number of piperidine rings is 2. The third kappa shape index (κ3) is 8.84. The van der Waals surface area contributed by atoms with Crippen LogP contribution in [0.2, 0.25) is 5.02 Å². The topological polar surface area (TPSA) is 186 Å².